The van der Waals surface area contributed by atoms with Gasteiger partial charge in [0.15, 0.2) is 11.5 Å². The van der Waals surface area contributed by atoms with E-state index in [0.717, 1.165) is 0 Å². The van der Waals surface area contributed by atoms with Crippen molar-refractivity contribution >= 4 is 23.3 Å². The topological polar surface area (TPSA) is 96.8 Å². The van der Waals surface area contributed by atoms with Crippen LogP contribution in [0.1, 0.15) is 49.2 Å². The van der Waals surface area contributed by atoms with E-state index in [0.29, 0.717) is 23.4 Å². The molecule has 0 aliphatic carbocycles. The molecule has 1 aliphatic rings. The molecule has 0 radical (unpaired) electrons. The van der Waals surface area contributed by atoms with Gasteiger partial charge in [0.25, 0.3) is 5.91 Å². The highest BCUT2D eigenvalue weighted by Crippen LogP contribution is 2.41. The Morgan fingerprint density at radius 1 is 1.20 bits per heavy atom. The fourth-order valence-electron chi connectivity index (χ4n) is 3.28. The summed E-state index contributed by atoms with van der Waals surface area (Å²) in [6.45, 7) is 5.88. The second-order valence-electron chi connectivity index (χ2n) is 7.44. The predicted octanol–water partition coefficient (Wildman–Crippen LogP) is 3.77. The zero-order valence-corrected chi connectivity index (χ0v) is 17.2. The number of carbonyl (C=O) groups excluding carboxylic acids is 3. The fourth-order valence-corrected chi connectivity index (χ4v) is 3.28. The number of aliphatic hydroxyl groups is 1. The van der Waals surface area contributed by atoms with Gasteiger partial charge in [0.2, 0.25) is 0 Å². The van der Waals surface area contributed by atoms with E-state index < -0.39 is 23.7 Å². The van der Waals surface area contributed by atoms with Crippen LogP contribution in [0.5, 0.6) is 0 Å². The Hall–Kier alpha value is -3.48. The first kappa shape index (κ1) is 21.2. The van der Waals surface area contributed by atoms with Crippen molar-refractivity contribution in [3.63, 3.8) is 0 Å². The molecule has 1 aromatic carbocycles. The molecule has 7 nitrogen and oxygen atoms in total. The average Bonchev–Trinajstić information content (AvgIpc) is 3.03. The number of hydrogen-bond donors (Lipinski definition) is 1. The van der Waals surface area contributed by atoms with E-state index in [9.17, 15) is 19.5 Å². The molecular formula is C23H24N2O5. The maximum atomic E-state index is 12.9. The summed E-state index contributed by atoms with van der Waals surface area (Å²) in [7, 11) is 0. The summed E-state index contributed by atoms with van der Waals surface area (Å²) in [5.41, 5.74) is 1.45. The third-order valence-corrected chi connectivity index (χ3v) is 4.76. The van der Waals surface area contributed by atoms with Gasteiger partial charge in [-0.2, -0.15) is 0 Å². The van der Waals surface area contributed by atoms with Crippen molar-refractivity contribution in [1.82, 2.24) is 4.98 Å². The minimum Gasteiger partial charge on any atom is -0.503 e. The number of aliphatic hydroxyl groups excluding tert-OH is 1. The smallest absolute Gasteiger partial charge is 0.338 e. The molecule has 2 heterocycles. The summed E-state index contributed by atoms with van der Waals surface area (Å²) in [5, 5.41) is 10.5. The number of anilines is 1. The highest BCUT2D eigenvalue weighted by Gasteiger charge is 2.43. The minimum atomic E-state index is -0.794. The number of aromatic nitrogens is 1. The third-order valence-electron chi connectivity index (χ3n) is 4.76. The molecule has 7 heteroatoms. The molecule has 3 rings (SSSR count). The molecule has 1 aliphatic heterocycles. The first-order valence-corrected chi connectivity index (χ1v) is 9.82. The number of ether oxygens (including phenoxy) is 1. The van der Waals surface area contributed by atoms with Crippen LogP contribution < -0.4 is 4.90 Å². The predicted molar refractivity (Wildman–Crippen MR) is 111 cm³/mol. The highest BCUT2D eigenvalue weighted by molar-refractivity contribution is 6.16. The summed E-state index contributed by atoms with van der Waals surface area (Å²) < 4.78 is 5.23. The van der Waals surface area contributed by atoms with Crippen LogP contribution in [0.25, 0.3) is 0 Å². The lowest BCUT2D eigenvalue weighted by Crippen LogP contribution is -2.31. The highest BCUT2D eigenvalue weighted by atomic mass is 16.5. The molecule has 1 atom stereocenters. The minimum absolute atomic E-state index is 0.0518. The zero-order valence-electron chi connectivity index (χ0n) is 17.2. The van der Waals surface area contributed by atoms with Crippen molar-refractivity contribution in [2.24, 2.45) is 5.92 Å². The van der Waals surface area contributed by atoms with Gasteiger partial charge in [0, 0.05) is 24.5 Å². The Kier molecular flexibility index (Phi) is 6.30. The molecule has 0 saturated carbocycles. The summed E-state index contributed by atoms with van der Waals surface area (Å²) in [5.74, 6) is -1.77. The van der Waals surface area contributed by atoms with Crippen molar-refractivity contribution in [2.45, 2.75) is 33.2 Å². The largest absolute Gasteiger partial charge is 0.503 e. The van der Waals surface area contributed by atoms with E-state index in [1.807, 2.05) is 13.8 Å². The lowest BCUT2D eigenvalue weighted by molar-refractivity contribution is -0.118. The standard InChI is InChI=1S/C23H24N2O5/c1-4-18(26)19-20(16-6-5-11-24-12-16)25(22(28)21(19)27)17-9-7-15(8-10-17)23(29)30-13-14(2)3/h5-12,14,20,27H,4,13H2,1-3H3. The van der Waals surface area contributed by atoms with Gasteiger partial charge in [0.1, 0.15) is 0 Å². The molecule has 30 heavy (non-hydrogen) atoms. The molecule has 0 saturated heterocycles. The van der Waals surface area contributed by atoms with Crippen molar-refractivity contribution in [1.29, 1.82) is 0 Å². The first-order chi connectivity index (χ1) is 14.3. The number of amides is 1. The van der Waals surface area contributed by atoms with Crippen LogP contribution in [-0.2, 0) is 14.3 Å². The van der Waals surface area contributed by atoms with Gasteiger partial charge < -0.3 is 9.84 Å². The summed E-state index contributed by atoms with van der Waals surface area (Å²) in [6.07, 6.45) is 3.30. The number of nitrogens with zero attached hydrogens (tertiary/aromatic N) is 2. The molecule has 1 unspecified atom stereocenters. The summed E-state index contributed by atoms with van der Waals surface area (Å²) in [6, 6.07) is 8.97. The number of carbonyl (C=O) groups is 3. The van der Waals surface area contributed by atoms with Crippen molar-refractivity contribution in [3.8, 4) is 0 Å². The quantitative estimate of drug-likeness (QED) is 0.701. The van der Waals surface area contributed by atoms with Crippen molar-refractivity contribution < 1.29 is 24.2 Å². The molecule has 0 fully saturated rings. The number of benzene rings is 1. The lowest BCUT2D eigenvalue weighted by Gasteiger charge is -2.26. The van der Waals surface area contributed by atoms with E-state index in [1.165, 1.54) is 4.90 Å². The van der Waals surface area contributed by atoms with Gasteiger partial charge in [-0.15, -0.1) is 0 Å². The molecular weight excluding hydrogens is 384 g/mol. The maximum Gasteiger partial charge on any atom is 0.338 e. The monoisotopic (exact) mass is 408 g/mol. The van der Waals surface area contributed by atoms with Crippen molar-refractivity contribution in [3.05, 3.63) is 71.3 Å². The molecule has 0 bridgehead atoms. The Bertz CT molecular complexity index is 980. The van der Waals surface area contributed by atoms with Crippen LogP contribution >= 0.6 is 0 Å². The fraction of sp³-hybridized carbons (Fsp3) is 0.304. The van der Waals surface area contributed by atoms with Crippen LogP contribution in [0.4, 0.5) is 5.69 Å². The van der Waals surface area contributed by atoms with Crippen LogP contribution in [-0.4, -0.2) is 34.4 Å². The number of Topliss-reactive ketones (excluding diaryl/α,β-unsaturated/α-hetero) is 1. The van der Waals surface area contributed by atoms with Gasteiger partial charge in [0.05, 0.1) is 23.8 Å². The molecule has 1 amide bonds. The van der Waals surface area contributed by atoms with E-state index in [4.69, 9.17) is 4.74 Å². The van der Waals surface area contributed by atoms with Gasteiger partial charge in [-0.05, 0) is 41.8 Å². The first-order valence-electron chi connectivity index (χ1n) is 9.82. The maximum absolute atomic E-state index is 12.9. The Morgan fingerprint density at radius 3 is 2.47 bits per heavy atom. The molecule has 0 spiro atoms. The van der Waals surface area contributed by atoms with Crippen LogP contribution in [0, 0.1) is 5.92 Å². The van der Waals surface area contributed by atoms with E-state index >= 15 is 0 Å². The van der Waals surface area contributed by atoms with Gasteiger partial charge >= 0.3 is 5.97 Å². The molecule has 156 valence electrons. The Balaban J connectivity index is 1.97. The van der Waals surface area contributed by atoms with Crippen LogP contribution in [0.15, 0.2) is 60.1 Å². The summed E-state index contributed by atoms with van der Waals surface area (Å²) >= 11 is 0. The van der Waals surface area contributed by atoms with E-state index in [2.05, 4.69) is 4.98 Å². The number of rotatable bonds is 7. The Labute approximate surface area is 175 Å². The zero-order chi connectivity index (χ0) is 21.8. The molecule has 1 aromatic heterocycles. The van der Waals surface area contributed by atoms with E-state index in [-0.39, 0.29) is 23.7 Å². The number of ketones is 1. The third kappa shape index (κ3) is 4.10. The van der Waals surface area contributed by atoms with Gasteiger partial charge in [-0.1, -0.05) is 26.8 Å². The number of pyridine rings is 1. The van der Waals surface area contributed by atoms with Gasteiger partial charge in [-0.25, -0.2) is 4.79 Å². The average molecular weight is 408 g/mol. The number of hydrogen-bond acceptors (Lipinski definition) is 6. The van der Waals surface area contributed by atoms with Gasteiger partial charge in [-0.3, -0.25) is 19.5 Å². The SMILES string of the molecule is CCC(=O)C1=C(O)C(=O)N(c2ccc(C(=O)OCC(C)C)cc2)C1c1cccnc1. The van der Waals surface area contributed by atoms with Crippen LogP contribution in [0.3, 0.4) is 0 Å². The van der Waals surface area contributed by atoms with Crippen LogP contribution in [0.2, 0.25) is 0 Å². The summed E-state index contributed by atoms with van der Waals surface area (Å²) in [4.78, 5) is 43.0. The van der Waals surface area contributed by atoms with Crippen molar-refractivity contribution in [2.75, 3.05) is 11.5 Å². The second kappa shape index (κ2) is 8.90. The molecule has 2 aromatic rings. The Morgan fingerprint density at radius 2 is 1.90 bits per heavy atom. The molecule has 1 N–H and O–H groups in total. The number of esters is 1. The normalized spacial score (nSPS) is 16.3. The van der Waals surface area contributed by atoms with E-state index in [1.54, 1.807) is 55.7 Å². The second-order valence-corrected chi connectivity index (χ2v) is 7.44. The lowest BCUT2D eigenvalue weighted by atomic mass is 9.96.